The molecule has 48 valence electrons. The molecule has 0 aliphatic rings. The molecule has 0 spiro atoms. The number of carbonyl (C=O) groups excluding carboxylic acids is 1. The third kappa shape index (κ3) is 2.91. The van der Waals surface area contributed by atoms with Crippen LogP contribution in [-0.2, 0) is 13.9 Å². The summed E-state index contributed by atoms with van der Waals surface area (Å²) in [6, 6.07) is -0.0868. The SMILES string of the molecule is CCOP(=O)(O)C=O. The Morgan fingerprint density at radius 2 is 2.38 bits per heavy atom. The zero-order valence-corrected chi connectivity index (χ0v) is 5.30. The van der Waals surface area contributed by atoms with Gasteiger partial charge in [0.05, 0.1) is 6.61 Å². The summed E-state index contributed by atoms with van der Waals surface area (Å²) in [4.78, 5) is 17.9. The van der Waals surface area contributed by atoms with E-state index in [1.165, 1.54) is 6.92 Å². The van der Waals surface area contributed by atoms with Crippen LogP contribution in [0.25, 0.3) is 0 Å². The smallest absolute Gasteiger partial charge is 0.319 e. The van der Waals surface area contributed by atoms with E-state index < -0.39 is 7.60 Å². The van der Waals surface area contributed by atoms with Crippen molar-refractivity contribution in [3.8, 4) is 0 Å². The molecule has 0 aromatic rings. The molecule has 0 radical (unpaired) electrons. The fourth-order valence-electron chi connectivity index (χ4n) is 0.215. The average Bonchev–Trinajstić information content (AvgIpc) is 1.67. The van der Waals surface area contributed by atoms with E-state index in [9.17, 15) is 9.36 Å². The van der Waals surface area contributed by atoms with Gasteiger partial charge in [0.2, 0.25) is 6.03 Å². The Balaban J connectivity index is 3.73. The second-order valence-electron chi connectivity index (χ2n) is 1.09. The summed E-state index contributed by atoms with van der Waals surface area (Å²) in [6.45, 7) is 1.61. The summed E-state index contributed by atoms with van der Waals surface area (Å²) >= 11 is 0. The van der Waals surface area contributed by atoms with Crippen LogP contribution in [0.2, 0.25) is 0 Å². The van der Waals surface area contributed by atoms with Gasteiger partial charge in [-0.2, -0.15) is 0 Å². The van der Waals surface area contributed by atoms with Gasteiger partial charge in [0.25, 0.3) is 0 Å². The zero-order valence-electron chi connectivity index (χ0n) is 4.40. The van der Waals surface area contributed by atoms with Crippen LogP contribution < -0.4 is 0 Å². The van der Waals surface area contributed by atoms with Crippen molar-refractivity contribution < 1.29 is 18.8 Å². The molecule has 0 aliphatic heterocycles. The minimum absolute atomic E-state index is 0.0759. The Morgan fingerprint density at radius 3 is 2.50 bits per heavy atom. The van der Waals surface area contributed by atoms with E-state index >= 15 is 0 Å². The third-order valence-corrected chi connectivity index (χ3v) is 1.34. The van der Waals surface area contributed by atoms with E-state index in [1.807, 2.05) is 0 Å². The molecule has 1 atom stereocenters. The van der Waals surface area contributed by atoms with Crippen molar-refractivity contribution in [2.75, 3.05) is 6.61 Å². The van der Waals surface area contributed by atoms with Crippen LogP contribution in [0.3, 0.4) is 0 Å². The molecular weight excluding hydrogens is 131 g/mol. The highest BCUT2D eigenvalue weighted by atomic mass is 31.2. The van der Waals surface area contributed by atoms with E-state index in [4.69, 9.17) is 4.89 Å². The average molecular weight is 138 g/mol. The second kappa shape index (κ2) is 2.97. The maximum absolute atomic E-state index is 10.1. The number of carbonyl (C=O) groups is 1. The Hall–Kier alpha value is -0.180. The Bertz CT molecular complexity index is 120. The third-order valence-electron chi connectivity index (χ3n) is 0.447. The molecule has 0 fully saturated rings. The molecule has 0 amide bonds. The number of rotatable bonds is 3. The van der Waals surface area contributed by atoms with Gasteiger partial charge in [0, 0.05) is 0 Å². The van der Waals surface area contributed by atoms with Crippen molar-refractivity contribution in [3.05, 3.63) is 0 Å². The minimum atomic E-state index is -3.85. The second-order valence-corrected chi connectivity index (χ2v) is 2.68. The van der Waals surface area contributed by atoms with Gasteiger partial charge in [-0.05, 0) is 6.92 Å². The van der Waals surface area contributed by atoms with Crippen LogP contribution in [-0.4, -0.2) is 17.5 Å². The van der Waals surface area contributed by atoms with E-state index in [2.05, 4.69) is 4.52 Å². The van der Waals surface area contributed by atoms with Gasteiger partial charge in [-0.1, -0.05) is 0 Å². The van der Waals surface area contributed by atoms with Crippen LogP contribution in [0.5, 0.6) is 0 Å². The molecule has 0 bridgehead atoms. The van der Waals surface area contributed by atoms with Crippen molar-refractivity contribution in [3.63, 3.8) is 0 Å². The maximum atomic E-state index is 10.1. The summed E-state index contributed by atoms with van der Waals surface area (Å²) in [5.41, 5.74) is 0. The number of hydrogen-bond donors (Lipinski definition) is 1. The molecule has 0 rings (SSSR count). The molecule has 1 N–H and O–H groups in total. The minimum Gasteiger partial charge on any atom is -0.319 e. The van der Waals surface area contributed by atoms with Gasteiger partial charge in [-0.25, -0.2) is 0 Å². The van der Waals surface area contributed by atoms with Gasteiger partial charge in [0.15, 0.2) is 0 Å². The Kier molecular flexibility index (Phi) is 2.90. The molecule has 1 unspecified atom stereocenters. The van der Waals surface area contributed by atoms with Crippen molar-refractivity contribution >= 4 is 13.6 Å². The largest absolute Gasteiger partial charge is 0.390 e. The Labute approximate surface area is 47.0 Å². The van der Waals surface area contributed by atoms with Crippen LogP contribution in [0.15, 0.2) is 0 Å². The molecule has 0 aromatic heterocycles. The molecule has 0 aliphatic carbocycles. The van der Waals surface area contributed by atoms with Crippen LogP contribution in [0, 0.1) is 0 Å². The first kappa shape index (κ1) is 7.82. The molecule has 8 heavy (non-hydrogen) atoms. The van der Waals surface area contributed by atoms with Crippen LogP contribution in [0.4, 0.5) is 0 Å². The fraction of sp³-hybridized carbons (Fsp3) is 0.667. The summed E-state index contributed by atoms with van der Waals surface area (Å²) in [6.07, 6.45) is 0. The van der Waals surface area contributed by atoms with Crippen molar-refractivity contribution in [2.24, 2.45) is 0 Å². The van der Waals surface area contributed by atoms with Crippen molar-refractivity contribution in [2.45, 2.75) is 6.92 Å². The summed E-state index contributed by atoms with van der Waals surface area (Å²) in [5, 5.41) is 0. The molecule has 0 saturated carbocycles. The van der Waals surface area contributed by atoms with Gasteiger partial charge in [0.1, 0.15) is 0 Å². The lowest BCUT2D eigenvalue weighted by Crippen LogP contribution is -1.87. The molecule has 4 nitrogen and oxygen atoms in total. The zero-order chi connectivity index (χ0) is 6.62. The summed E-state index contributed by atoms with van der Waals surface area (Å²) in [7, 11) is -3.85. The quantitative estimate of drug-likeness (QED) is 0.452. The first-order valence-electron chi connectivity index (χ1n) is 2.05. The summed E-state index contributed by atoms with van der Waals surface area (Å²) < 4.78 is 14.3. The van der Waals surface area contributed by atoms with Crippen LogP contribution >= 0.6 is 7.60 Å². The first-order valence-corrected chi connectivity index (χ1v) is 3.70. The molecule has 0 heterocycles. The Morgan fingerprint density at radius 1 is 1.88 bits per heavy atom. The normalized spacial score (nSPS) is 17.2. The molecule has 0 saturated heterocycles. The lowest BCUT2D eigenvalue weighted by Gasteiger charge is -1.99. The van der Waals surface area contributed by atoms with Crippen molar-refractivity contribution in [1.29, 1.82) is 0 Å². The molecule has 0 aromatic carbocycles. The van der Waals surface area contributed by atoms with E-state index in [0.717, 1.165) is 0 Å². The predicted octanol–water partition coefficient (Wildman–Crippen LogP) is 0.399. The molecular formula is C3H7O4P. The van der Waals surface area contributed by atoms with Gasteiger partial charge >= 0.3 is 7.60 Å². The lowest BCUT2D eigenvalue weighted by atomic mass is 10.9. The first-order chi connectivity index (χ1) is 3.62. The van der Waals surface area contributed by atoms with Gasteiger partial charge < -0.3 is 9.42 Å². The van der Waals surface area contributed by atoms with E-state index in [1.54, 1.807) is 0 Å². The highest BCUT2D eigenvalue weighted by molar-refractivity contribution is 7.68. The lowest BCUT2D eigenvalue weighted by molar-refractivity contribution is 0.284. The van der Waals surface area contributed by atoms with E-state index in [0.29, 0.717) is 0 Å². The predicted molar refractivity (Wildman–Crippen MR) is 28.2 cm³/mol. The fourth-order valence-corrected chi connectivity index (χ4v) is 0.646. The highest BCUT2D eigenvalue weighted by Gasteiger charge is 2.14. The summed E-state index contributed by atoms with van der Waals surface area (Å²) in [5.74, 6) is 0. The number of hydrogen-bond acceptors (Lipinski definition) is 3. The van der Waals surface area contributed by atoms with E-state index in [-0.39, 0.29) is 12.6 Å². The monoisotopic (exact) mass is 138 g/mol. The molecule has 5 heteroatoms. The van der Waals surface area contributed by atoms with Crippen LogP contribution in [0.1, 0.15) is 6.92 Å². The van der Waals surface area contributed by atoms with Gasteiger partial charge in [-0.15, -0.1) is 0 Å². The highest BCUT2D eigenvalue weighted by Crippen LogP contribution is 2.36. The standard InChI is InChI=1S/C3H7O4P/c1-2-7-8(5,6)3-4/h3H,2H2,1H3,(H,5,6). The van der Waals surface area contributed by atoms with Crippen molar-refractivity contribution in [1.82, 2.24) is 0 Å². The topological polar surface area (TPSA) is 63.6 Å². The van der Waals surface area contributed by atoms with Gasteiger partial charge in [-0.3, -0.25) is 9.36 Å². The maximum Gasteiger partial charge on any atom is 0.390 e.